The van der Waals surface area contributed by atoms with Gasteiger partial charge in [-0.15, -0.1) is 11.3 Å². The van der Waals surface area contributed by atoms with Crippen LogP contribution in [-0.4, -0.2) is 46.0 Å². The molecule has 2 N–H and O–H groups in total. The van der Waals surface area contributed by atoms with Crippen molar-refractivity contribution in [1.29, 1.82) is 0 Å². The highest BCUT2D eigenvalue weighted by Gasteiger charge is 2.17. The minimum absolute atomic E-state index is 0.388. The SMILES string of the molecule is CCNCc1cc(S(=O)(=O)NCCN2CCCCC2)cs1. The fraction of sp³-hybridized carbons (Fsp3) is 0.714. The van der Waals surface area contributed by atoms with Crippen LogP contribution >= 0.6 is 11.3 Å². The zero-order chi connectivity index (χ0) is 15.1. The van der Waals surface area contributed by atoms with Crippen LogP contribution in [0.25, 0.3) is 0 Å². The summed E-state index contributed by atoms with van der Waals surface area (Å²) in [7, 11) is -3.36. The highest BCUT2D eigenvalue weighted by molar-refractivity contribution is 7.89. The van der Waals surface area contributed by atoms with Gasteiger partial charge >= 0.3 is 0 Å². The second-order valence-corrected chi connectivity index (χ2v) is 8.09. The van der Waals surface area contributed by atoms with E-state index < -0.39 is 10.0 Å². The van der Waals surface area contributed by atoms with E-state index in [-0.39, 0.29) is 0 Å². The lowest BCUT2D eigenvalue weighted by atomic mass is 10.1. The molecule has 1 aliphatic rings. The fourth-order valence-corrected chi connectivity index (χ4v) is 4.71. The lowest BCUT2D eigenvalue weighted by Crippen LogP contribution is -2.37. The number of hydrogen-bond donors (Lipinski definition) is 2. The Morgan fingerprint density at radius 2 is 2.05 bits per heavy atom. The fourth-order valence-electron chi connectivity index (χ4n) is 2.45. The quantitative estimate of drug-likeness (QED) is 0.760. The van der Waals surface area contributed by atoms with Gasteiger partial charge in [0, 0.05) is 29.9 Å². The van der Waals surface area contributed by atoms with Crippen molar-refractivity contribution < 1.29 is 8.42 Å². The highest BCUT2D eigenvalue weighted by Crippen LogP contribution is 2.19. The van der Waals surface area contributed by atoms with Crippen molar-refractivity contribution in [2.24, 2.45) is 0 Å². The Balaban J connectivity index is 1.81. The summed E-state index contributed by atoms with van der Waals surface area (Å²) in [5.74, 6) is 0. The first-order valence-electron chi connectivity index (χ1n) is 7.62. The molecule has 7 heteroatoms. The molecule has 0 unspecified atom stereocenters. The van der Waals surface area contributed by atoms with Crippen LogP contribution in [0.15, 0.2) is 16.3 Å². The van der Waals surface area contributed by atoms with Gasteiger partial charge in [-0.2, -0.15) is 0 Å². The van der Waals surface area contributed by atoms with Crippen LogP contribution in [0.3, 0.4) is 0 Å². The molecule has 0 aromatic carbocycles. The number of sulfonamides is 1. The monoisotopic (exact) mass is 331 g/mol. The molecule has 2 rings (SSSR count). The summed E-state index contributed by atoms with van der Waals surface area (Å²) in [6.45, 7) is 7.11. The van der Waals surface area contributed by atoms with Crippen LogP contribution in [0.1, 0.15) is 31.1 Å². The zero-order valence-electron chi connectivity index (χ0n) is 12.6. The smallest absolute Gasteiger partial charge is 0.241 e. The van der Waals surface area contributed by atoms with Gasteiger partial charge in [0.05, 0.1) is 4.90 Å². The number of rotatable bonds is 8. The van der Waals surface area contributed by atoms with Gasteiger partial charge in [0.2, 0.25) is 10.0 Å². The van der Waals surface area contributed by atoms with Crippen LogP contribution in [0, 0.1) is 0 Å². The lowest BCUT2D eigenvalue weighted by Gasteiger charge is -2.26. The van der Waals surface area contributed by atoms with Gasteiger partial charge in [-0.25, -0.2) is 13.1 Å². The van der Waals surface area contributed by atoms with E-state index >= 15 is 0 Å². The van der Waals surface area contributed by atoms with Gasteiger partial charge in [0.15, 0.2) is 0 Å². The Morgan fingerprint density at radius 3 is 2.76 bits per heavy atom. The first-order valence-corrected chi connectivity index (χ1v) is 9.98. The first-order chi connectivity index (χ1) is 10.1. The molecule has 0 saturated carbocycles. The number of likely N-dealkylation sites (tertiary alicyclic amines) is 1. The molecule has 120 valence electrons. The Morgan fingerprint density at radius 1 is 1.29 bits per heavy atom. The van der Waals surface area contributed by atoms with E-state index in [9.17, 15) is 8.42 Å². The topological polar surface area (TPSA) is 61.4 Å². The number of nitrogens with zero attached hydrogens (tertiary/aromatic N) is 1. The van der Waals surface area contributed by atoms with Gasteiger partial charge < -0.3 is 10.2 Å². The van der Waals surface area contributed by atoms with Crippen molar-refractivity contribution >= 4 is 21.4 Å². The van der Waals surface area contributed by atoms with Gasteiger partial charge in [0.25, 0.3) is 0 Å². The van der Waals surface area contributed by atoms with Gasteiger partial charge in [0.1, 0.15) is 0 Å². The molecule has 0 aliphatic carbocycles. The molecule has 0 bridgehead atoms. The maximum atomic E-state index is 12.2. The Kier molecular flexibility index (Phi) is 6.63. The second kappa shape index (κ2) is 8.24. The molecule has 1 fully saturated rings. The normalized spacial score (nSPS) is 17.2. The maximum absolute atomic E-state index is 12.2. The average Bonchev–Trinajstić information content (AvgIpc) is 2.96. The first kappa shape index (κ1) is 16.9. The predicted octanol–water partition coefficient (Wildman–Crippen LogP) is 1.62. The molecule has 1 aromatic heterocycles. The summed E-state index contributed by atoms with van der Waals surface area (Å²) >= 11 is 1.49. The molecule has 2 heterocycles. The minimum Gasteiger partial charge on any atom is -0.312 e. The molecule has 1 aromatic rings. The molecule has 1 saturated heterocycles. The molecular weight excluding hydrogens is 306 g/mol. The van der Waals surface area contributed by atoms with Crippen molar-refractivity contribution in [2.45, 2.75) is 37.6 Å². The largest absolute Gasteiger partial charge is 0.312 e. The number of thiophene rings is 1. The third-order valence-corrected chi connectivity index (χ3v) is 6.18. The summed E-state index contributed by atoms with van der Waals surface area (Å²) in [5, 5.41) is 4.92. The van der Waals surface area contributed by atoms with E-state index in [0.29, 0.717) is 11.4 Å². The third kappa shape index (κ3) is 5.34. The van der Waals surface area contributed by atoms with E-state index in [2.05, 4.69) is 14.9 Å². The van der Waals surface area contributed by atoms with Crippen molar-refractivity contribution in [3.63, 3.8) is 0 Å². The molecule has 5 nitrogen and oxygen atoms in total. The van der Waals surface area contributed by atoms with E-state index in [1.54, 1.807) is 11.4 Å². The van der Waals surface area contributed by atoms with Crippen LogP contribution in [-0.2, 0) is 16.6 Å². The molecule has 0 amide bonds. The standard InChI is InChI=1S/C14H25N3O2S2/c1-2-15-11-13-10-14(12-20-13)21(18,19)16-6-9-17-7-4-3-5-8-17/h10,12,15-16H,2-9,11H2,1H3. The molecule has 0 radical (unpaired) electrons. The second-order valence-electron chi connectivity index (χ2n) is 5.33. The molecule has 0 atom stereocenters. The van der Waals surface area contributed by atoms with E-state index in [1.165, 1.54) is 30.6 Å². The minimum atomic E-state index is -3.36. The zero-order valence-corrected chi connectivity index (χ0v) is 14.2. The Hall–Kier alpha value is -0.470. The number of hydrogen-bond acceptors (Lipinski definition) is 5. The van der Waals surface area contributed by atoms with Gasteiger partial charge in [-0.1, -0.05) is 13.3 Å². The van der Waals surface area contributed by atoms with Gasteiger partial charge in [-0.3, -0.25) is 0 Å². The van der Waals surface area contributed by atoms with Crippen molar-refractivity contribution in [2.75, 3.05) is 32.7 Å². The summed E-state index contributed by atoms with van der Waals surface area (Å²) in [6.07, 6.45) is 3.75. The van der Waals surface area contributed by atoms with E-state index in [1.807, 2.05) is 6.92 Å². The van der Waals surface area contributed by atoms with Crippen LogP contribution < -0.4 is 10.0 Å². The van der Waals surface area contributed by atoms with Gasteiger partial charge in [-0.05, 0) is 38.5 Å². The number of piperidine rings is 1. The van der Waals surface area contributed by atoms with E-state index in [4.69, 9.17) is 0 Å². The summed E-state index contributed by atoms with van der Waals surface area (Å²) in [4.78, 5) is 3.77. The van der Waals surface area contributed by atoms with Crippen LogP contribution in [0.5, 0.6) is 0 Å². The van der Waals surface area contributed by atoms with Crippen molar-refractivity contribution in [3.8, 4) is 0 Å². The molecular formula is C14H25N3O2S2. The van der Waals surface area contributed by atoms with Crippen LogP contribution in [0.2, 0.25) is 0 Å². The Labute approximate surface area is 131 Å². The molecule has 21 heavy (non-hydrogen) atoms. The average molecular weight is 332 g/mol. The lowest BCUT2D eigenvalue weighted by molar-refractivity contribution is 0.233. The molecule has 1 aliphatic heterocycles. The maximum Gasteiger partial charge on any atom is 0.241 e. The number of nitrogens with one attached hydrogen (secondary N) is 2. The van der Waals surface area contributed by atoms with Crippen LogP contribution in [0.4, 0.5) is 0 Å². The molecule has 0 spiro atoms. The van der Waals surface area contributed by atoms with E-state index in [0.717, 1.165) is 37.6 Å². The summed E-state index contributed by atoms with van der Waals surface area (Å²) < 4.78 is 27.1. The third-order valence-electron chi connectivity index (χ3n) is 3.66. The van der Waals surface area contributed by atoms with Crippen molar-refractivity contribution in [1.82, 2.24) is 14.9 Å². The Bertz CT molecular complexity index is 522. The summed E-state index contributed by atoms with van der Waals surface area (Å²) in [6, 6.07) is 1.76. The predicted molar refractivity (Wildman–Crippen MR) is 87.2 cm³/mol. The highest BCUT2D eigenvalue weighted by atomic mass is 32.2. The summed E-state index contributed by atoms with van der Waals surface area (Å²) in [5.41, 5.74) is 0. The van der Waals surface area contributed by atoms with Crippen molar-refractivity contribution in [3.05, 3.63) is 16.3 Å².